The van der Waals surface area contributed by atoms with E-state index in [2.05, 4.69) is 29.2 Å². The molecule has 0 aliphatic rings. The van der Waals surface area contributed by atoms with Gasteiger partial charge >= 0.3 is 0 Å². The van der Waals surface area contributed by atoms with E-state index in [1.807, 2.05) is 0 Å². The predicted octanol–water partition coefficient (Wildman–Crippen LogP) is 1.67. The van der Waals surface area contributed by atoms with E-state index in [0.717, 1.165) is 45.7 Å². The Balaban J connectivity index is 2.48. The number of ether oxygens (including phenoxy) is 2. The van der Waals surface area contributed by atoms with E-state index in [-0.39, 0.29) is 0 Å². The molecule has 0 bridgehead atoms. The minimum atomic E-state index is 0.705. The lowest BCUT2D eigenvalue weighted by molar-refractivity contribution is 0.129. The highest BCUT2D eigenvalue weighted by Crippen LogP contribution is 2.08. The second kappa shape index (κ2) is 10.8. The summed E-state index contributed by atoms with van der Waals surface area (Å²) in [6.07, 6.45) is 1.99. The molecule has 1 rings (SSSR count). The molecule has 0 aliphatic carbocycles. The van der Waals surface area contributed by atoms with E-state index in [1.165, 1.54) is 11.1 Å². The summed E-state index contributed by atoms with van der Waals surface area (Å²) in [5.74, 6) is 0. The molecule has 0 aliphatic heterocycles. The molecule has 0 saturated carbocycles. The van der Waals surface area contributed by atoms with Crippen molar-refractivity contribution in [2.75, 3.05) is 47.1 Å². The molecular weight excluding hydrogens is 252 g/mol. The first-order chi connectivity index (χ1) is 9.80. The van der Waals surface area contributed by atoms with Gasteiger partial charge in [-0.05, 0) is 30.5 Å². The zero-order valence-corrected chi connectivity index (χ0v) is 12.8. The van der Waals surface area contributed by atoms with Gasteiger partial charge in [-0.25, -0.2) is 0 Å². The minimum Gasteiger partial charge on any atom is -0.385 e. The fraction of sp³-hybridized carbons (Fsp3) is 0.625. The Labute approximate surface area is 122 Å². The smallest absolute Gasteiger partial charge is 0.0589 e. The summed E-state index contributed by atoms with van der Waals surface area (Å²) in [5, 5.41) is 0. The molecule has 0 unspecified atom stereocenters. The quantitative estimate of drug-likeness (QED) is 0.626. The topological polar surface area (TPSA) is 47.7 Å². The second-order valence-corrected chi connectivity index (χ2v) is 4.97. The summed E-state index contributed by atoms with van der Waals surface area (Å²) >= 11 is 0. The lowest BCUT2D eigenvalue weighted by Crippen LogP contribution is -2.28. The SMILES string of the molecule is COCCCN(CCOC)Cc1ccc(CCN)cc1. The van der Waals surface area contributed by atoms with Gasteiger partial charge in [-0.1, -0.05) is 24.3 Å². The number of nitrogens with zero attached hydrogens (tertiary/aromatic N) is 1. The van der Waals surface area contributed by atoms with Crippen molar-refractivity contribution in [1.82, 2.24) is 4.90 Å². The molecule has 1 aromatic rings. The summed E-state index contributed by atoms with van der Waals surface area (Å²) in [7, 11) is 3.49. The van der Waals surface area contributed by atoms with Crippen LogP contribution in [0.5, 0.6) is 0 Å². The third kappa shape index (κ3) is 7.01. The van der Waals surface area contributed by atoms with Crippen molar-refractivity contribution >= 4 is 0 Å². The van der Waals surface area contributed by atoms with Gasteiger partial charge in [0, 0.05) is 40.5 Å². The van der Waals surface area contributed by atoms with Crippen molar-refractivity contribution in [2.24, 2.45) is 5.73 Å². The van der Waals surface area contributed by atoms with Crippen molar-refractivity contribution in [3.05, 3.63) is 35.4 Å². The fourth-order valence-electron chi connectivity index (χ4n) is 2.16. The van der Waals surface area contributed by atoms with Crippen LogP contribution >= 0.6 is 0 Å². The van der Waals surface area contributed by atoms with Crippen LogP contribution in [-0.4, -0.2) is 52.0 Å². The van der Waals surface area contributed by atoms with Crippen LogP contribution < -0.4 is 5.73 Å². The second-order valence-electron chi connectivity index (χ2n) is 4.97. The Morgan fingerprint density at radius 3 is 2.20 bits per heavy atom. The van der Waals surface area contributed by atoms with E-state index in [4.69, 9.17) is 15.2 Å². The van der Waals surface area contributed by atoms with Gasteiger partial charge in [0.15, 0.2) is 0 Å². The summed E-state index contributed by atoms with van der Waals surface area (Å²) in [6.45, 7) is 5.20. The van der Waals surface area contributed by atoms with Gasteiger partial charge in [0.2, 0.25) is 0 Å². The van der Waals surface area contributed by atoms with Crippen molar-refractivity contribution < 1.29 is 9.47 Å². The average molecular weight is 280 g/mol. The van der Waals surface area contributed by atoms with Crippen LogP contribution in [-0.2, 0) is 22.4 Å². The van der Waals surface area contributed by atoms with E-state index in [9.17, 15) is 0 Å². The molecule has 2 N–H and O–H groups in total. The maximum Gasteiger partial charge on any atom is 0.0589 e. The molecule has 20 heavy (non-hydrogen) atoms. The van der Waals surface area contributed by atoms with Gasteiger partial charge in [-0.2, -0.15) is 0 Å². The van der Waals surface area contributed by atoms with Crippen LogP contribution in [0.15, 0.2) is 24.3 Å². The average Bonchev–Trinajstić information content (AvgIpc) is 2.47. The largest absolute Gasteiger partial charge is 0.385 e. The molecular formula is C16H28N2O2. The summed E-state index contributed by atoms with van der Waals surface area (Å²) in [4.78, 5) is 2.40. The third-order valence-electron chi connectivity index (χ3n) is 3.30. The first-order valence-corrected chi connectivity index (χ1v) is 7.28. The van der Waals surface area contributed by atoms with E-state index >= 15 is 0 Å². The van der Waals surface area contributed by atoms with Gasteiger partial charge in [-0.15, -0.1) is 0 Å². The zero-order chi connectivity index (χ0) is 14.6. The predicted molar refractivity (Wildman–Crippen MR) is 82.8 cm³/mol. The molecule has 0 saturated heterocycles. The lowest BCUT2D eigenvalue weighted by Gasteiger charge is -2.22. The normalized spacial score (nSPS) is 11.2. The maximum absolute atomic E-state index is 5.57. The number of methoxy groups -OCH3 is 2. The van der Waals surface area contributed by atoms with Gasteiger partial charge in [0.05, 0.1) is 6.61 Å². The van der Waals surface area contributed by atoms with Crippen LogP contribution in [0.2, 0.25) is 0 Å². The minimum absolute atomic E-state index is 0.705. The highest BCUT2D eigenvalue weighted by Gasteiger charge is 2.06. The molecule has 0 atom stereocenters. The molecule has 0 radical (unpaired) electrons. The first-order valence-electron chi connectivity index (χ1n) is 7.28. The van der Waals surface area contributed by atoms with Gasteiger partial charge in [0.1, 0.15) is 0 Å². The summed E-state index contributed by atoms with van der Waals surface area (Å²) < 4.78 is 10.3. The molecule has 4 heteroatoms. The molecule has 4 nitrogen and oxygen atoms in total. The Morgan fingerprint density at radius 2 is 1.60 bits per heavy atom. The van der Waals surface area contributed by atoms with Gasteiger partial charge in [0.25, 0.3) is 0 Å². The van der Waals surface area contributed by atoms with Gasteiger partial charge in [-0.3, -0.25) is 4.90 Å². The van der Waals surface area contributed by atoms with E-state index in [0.29, 0.717) is 6.54 Å². The van der Waals surface area contributed by atoms with Crippen LogP contribution in [0.25, 0.3) is 0 Å². The Bertz CT molecular complexity index is 341. The van der Waals surface area contributed by atoms with Crippen LogP contribution in [0, 0.1) is 0 Å². The molecule has 1 aromatic carbocycles. The van der Waals surface area contributed by atoms with Crippen LogP contribution in [0.3, 0.4) is 0 Å². The van der Waals surface area contributed by atoms with Crippen molar-refractivity contribution in [3.8, 4) is 0 Å². The van der Waals surface area contributed by atoms with Crippen molar-refractivity contribution in [3.63, 3.8) is 0 Å². The highest BCUT2D eigenvalue weighted by atomic mass is 16.5. The third-order valence-corrected chi connectivity index (χ3v) is 3.30. The zero-order valence-electron chi connectivity index (χ0n) is 12.8. The Kier molecular flexibility index (Phi) is 9.24. The van der Waals surface area contributed by atoms with E-state index < -0.39 is 0 Å². The summed E-state index contributed by atoms with van der Waals surface area (Å²) in [5.41, 5.74) is 8.21. The molecule has 0 heterocycles. The number of hydrogen-bond donors (Lipinski definition) is 1. The number of nitrogens with two attached hydrogens (primary N) is 1. The monoisotopic (exact) mass is 280 g/mol. The molecule has 0 spiro atoms. The maximum atomic E-state index is 5.57. The van der Waals surface area contributed by atoms with Crippen molar-refractivity contribution in [2.45, 2.75) is 19.4 Å². The molecule has 114 valence electrons. The summed E-state index contributed by atoms with van der Waals surface area (Å²) in [6, 6.07) is 8.74. The lowest BCUT2D eigenvalue weighted by atomic mass is 10.1. The highest BCUT2D eigenvalue weighted by molar-refractivity contribution is 5.22. The van der Waals surface area contributed by atoms with Crippen molar-refractivity contribution in [1.29, 1.82) is 0 Å². The standard InChI is InChI=1S/C16H28N2O2/c1-19-12-3-10-18(11-13-20-2)14-16-6-4-15(5-7-16)8-9-17/h4-7H,3,8-14,17H2,1-2H3. The van der Waals surface area contributed by atoms with E-state index in [1.54, 1.807) is 14.2 Å². The van der Waals surface area contributed by atoms with Crippen LogP contribution in [0.1, 0.15) is 17.5 Å². The number of rotatable bonds is 11. The molecule has 0 aromatic heterocycles. The molecule has 0 amide bonds. The Morgan fingerprint density at radius 1 is 0.950 bits per heavy atom. The number of benzene rings is 1. The Hall–Kier alpha value is -0.940. The number of hydrogen-bond acceptors (Lipinski definition) is 4. The van der Waals surface area contributed by atoms with Crippen LogP contribution in [0.4, 0.5) is 0 Å². The fourth-order valence-corrected chi connectivity index (χ4v) is 2.16. The van der Waals surface area contributed by atoms with Gasteiger partial charge < -0.3 is 15.2 Å². The molecule has 0 fully saturated rings. The first kappa shape index (κ1) is 17.1.